The monoisotopic (exact) mass is 289 g/mol. The molecule has 0 aliphatic heterocycles. The van der Waals surface area contributed by atoms with Crippen LogP contribution in [0.3, 0.4) is 0 Å². The average Bonchev–Trinajstić information content (AvgIpc) is 2.77. The van der Waals surface area contributed by atoms with Crippen molar-refractivity contribution in [1.82, 2.24) is 5.32 Å². The van der Waals surface area contributed by atoms with E-state index in [2.05, 4.69) is 0 Å². The highest BCUT2D eigenvalue weighted by Crippen LogP contribution is 2.33. The van der Waals surface area contributed by atoms with Crippen LogP contribution in [0.5, 0.6) is 0 Å². The summed E-state index contributed by atoms with van der Waals surface area (Å²) in [6.07, 6.45) is -2.73. The van der Waals surface area contributed by atoms with Crippen LogP contribution in [-0.2, 0) is 9.59 Å². The van der Waals surface area contributed by atoms with E-state index in [1.807, 2.05) is 0 Å². The van der Waals surface area contributed by atoms with Crippen molar-refractivity contribution in [3.05, 3.63) is 0 Å². The highest BCUT2D eigenvalue weighted by atomic mass is 35.5. The molecule has 0 aromatic rings. The molecule has 18 heavy (non-hydrogen) atoms. The van der Waals surface area contributed by atoms with E-state index in [-0.39, 0.29) is 12.8 Å². The Hall–Kier alpha value is -0.850. The van der Waals surface area contributed by atoms with Gasteiger partial charge in [0.05, 0.1) is 11.4 Å². The summed E-state index contributed by atoms with van der Waals surface area (Å²) in [5, 5.41) is 1.76. The average molecular weight is 290 g/mol. The maximum Gasteiger partial charge on any atom is 0.383 e. The van der Waals surface area contributed by atoms with Crippen LogP contribution in [-0.4, -0.2) is 35.5 Å². The van der Waals surface area contributed by atoms with Crippen molar-refractivity contribution in [2.45, 2.75) is 43.6 Å². The molecule has 3 nitrogen and oxygen atoms in total. The molecular weight excluding hydrogens is 278 g/mol. The van der Waals surface area contributed by atoms with Crippen molar-refractivity contribution in [1.29, 1.82) is 0 Å². The zero-order chi connectivity index (χ0) is 14.0. The minimum Gasteiger partial charge on any atom is -0.338 e. The van der Waals surface area contributed by atoms with Crippen molar-refractivity contribution in [3.8, 4) is 0 Å². The van der Waals surface area contributed by atoms with Gasteiger partial charge in [0.2, 0.25) is 0 Å². The van der Waals surface area contributed by atoms with Gasteiger partial charge in [0.25, 0.3) is 5.91 Å². The van der Waals surface area contributed by atoms with Crippen LogP contribution < -0.4 is 5.32 Å². The fourth-order valence-corrected chi connectivity index (χ4v) is 2.24. The van der Waals surface area contributed by atoms with Crippen LogP contribution in [0.15, 0.2) is 0 Å². The van der Waals surface area contributed by atoms with Gasteiger partial charge in [-0.05, 0) is 12.8 Å². The first kappa shape index (κ1) is 15.2. The molecule has 0 radical (unpaired) electrons. The van der Waals surface area contributed by atoms with Crippen molar-refractivity contribution in [2.75, 3.05) is 5.88 Å². The van der Waals surface area contributed by atoms with Crippen LogP contribution in [0.4, 0.5) is 17.6 Å². The number of carbonyl (C=O) groups is 2. The first-order valence-electron chi connectivity index (χ1n) is 5.34. The molecule has 0 aromatic heterocycles. The zero-order valence-corrected chi connectivity index (χ0v) is 10.1. The summed E-state index contributed by atoms with van der Waals surface area (Å²) < 4.78 is 49.7. The Kier molecular flexibility index (Phi) is 4.58. The zero-order valence-electron chi connectivity index (χ0n) is 9.32. The van der Waals surface area contributed by atoms with Gasteiger partial charge >= 0.3 is 12.3 Å². The molecule has 1 saturated carbocycles. The van der Waals surface area contributed by atoms with Gasteiger partial charge in [0, 0.05) is 0 Å². The third-order valence-electron chi connectivity index (χ3n) is 3.04. The first-order valence-corrected chi connectivity index (χ1v) is 5.87. The Labute approximate surface area is 106 Å². The van der Waals surface area contributed by atoms with Crippen molar-refractivity contribution < 1.29 is 27.2 Å². The van der Waals surface area contributed by atoms with E-state index in [1.54, 1.807) is 5.32 Å². The van der Waals surface area contributed by atoms with Gasteiger partial charge in [0.1, 0.15) is 0 Å². The van der Waals surface area contributed by atoms with Crippen molar-refractivity contribution in [3.63, 3.8) is 0 Å². The summed E-state index contributed by atoms with van der Waals surface area (Å²) in [5.74, 6) is -8.01. The summed E-state index contributed by atoms with van der Waals surface area (Å²) in [5.41, 5.74) is -1.52. The van der Waals surface area contributed by atoms with E-state index in [9.17, 15) is 27.2 Å². The van der Waals surface area contributed by atoms with E-state index < -0.39 is 35.5 Å². The van der Waals surface area contributed by atoms with Gasteiger partial charge in [0.15, 0.2) is 5.78 Å². The van der Waals surface area contributed by atoms with Gasteiger partial charge in [-0.2, -0.15) is 8.78 Å². The Morgan fingerprint density at radius 2 is 1.78 bits per heavy atom. The maximum atomic E-state index is 12.8. The number of Topliss-reactive ketones (excluding diaryl/α,β-unsaturated/α-hetero) is 1. The van der Waals surface area contributed by atoms with Gasteiger partial charge in [-0.3, -0.25) is 9.59 Å². The lowest BCUT2D eigenvalue weighted by Gasteiger charge is -2.29. The second kappa shape index (κ2) is 5.42. The second-order valence-corrected chi connectivity index (χ2v) is 4.49. The lowest BCUT2D eigenvalue weighted by molar-refractivity contribution is -0.172. The van der Waals surface area contributed by atoms with E-state index >= 15 is 0 Å². The van der Waals surface area contributed by atoms with Gasteiger partial charge < -0.3 is 5.32 Å². The first-order chi connectivity index (χ1) is 8.26. The minimum atomic E-state index is -4.80. The summed E-state index contributed by atoms with van der Waals surface area (Å²) in [6, 6.07) is 0. The largest absolute Gasteiger partial charge is 0.383 e. The molecule has 1 fully saturated rings. The van der Waals surface area contributed by atoms with Crippen molar-refractivity contribution in [2.24, 2.45) is 0 Å². The molecule has 0 saturated heterocycles. The normalized spacial score (nSPS) is 19.0. The Morgan fingerprint density at radius 1 is 1.28 bits per heavy atom. The summed E-state index contributed by atoms with van der Waals surface area (Å²) in [7, 11) is 0. The topological polar surface area (TPSA) is 46.2 Å². The molecule has 0 aromatic carbocycles. The van der Waals surface area contributed by atoms with Crippen molar-refractivity contribution >= 4 is 23.3 Å². The fourth-order valence-electron chi connectivity index (χ4n) is 1.98. The second-order valence-electron chi connectivity index (χ2n) is 4.22. The highest BCUT2D eigenvalue weighted by molar-refractivity contribution is 6.29. The summed E-state index contributed by atoms with van der Waals surface area (Å²) in [6.45, 7) is 0. The Morgan fingerprint density at radius 3 is 2.17 bits per heavy atom. The summed E-state index contributed by atoms with van der Waals surface area (Å²) in [4.78, 5) is 22.7. The molecular formula is C10H12ClF4NO2. The lowest BCUT2D eigenvalue weighted by atomic mass is 9.92. The number of hydrogen-bond donors (Lipinski definition) is 1. The molecule has 0 unspecified atom stereocenters. The Balaban J connectivity index is 2.86. The van der Waals surface area contributed by atoms with E-state index in [0.717, 1.165) is 0 Å². The minimum absolute atomic E-state index is 0.142. The number of carbonyl (C=O) groups excluding carboxylic acids is 2. The smallest absolute Gasteiger partial charge is 0.338 e. The molecule has 1 aliphatic carbocycles. The quantitative estimate of drug-likeness (QED) is 0.622. The molecule has 1 N–H and O–H groups in total. The van der Waals surface area contributed by atoms with Gasteiger partial charge in [-0.25, -0.2) is 8.78 Å². The van der Waals surface area contributed by atoms with Crippen LogP contribution in [0, 0.1) is 0 Å². The predicted molar refractivity (Wildman–Crippen MR) is 56.0 cm³/mol. The molecule has 1 aliphatic rings. The maximum absolute atomic E-state index is 12.8. The summed E-state index contributed by atoms with van der Waals surface area (Å²) >= 11 is 5.35. The van der Waals surface area contributed by atoms with E-state index in [4.69, 9.17) is 11.6 Å². The molecule has 0 spiro atoms. The number of alkyl halides is 5. The number of ketones is 1. The number of hydrogen-bond acceptors (Lipinski definition) is 2. The Bertz CT molecular complexity index is 343. The third-order valence-corrected chi connectivity index (χ3v) is 3.28. The van der Waals surface area contributed by atoms with Crippen LogP contribution in [0.25, 0.3) is 0 Å². The molecule has 0 heterocycles. The van der Waals surface area contributed by atoms with Gasteiger partial charge in [-0.1, -0.05) is 12.8 Å². The molecule has 0 bridgehead atoms. The van der Waals surface area contributed by atoms with E-state index in [1.165, 1.54) is 0 Å². The SMILES string of the molecule is O=C(CCl)C1(NC(=O)C(F)(F)C(F)F)CCCC1. The molecule has 1 amide bonds. The lowest BCUT2D eigenvalue weighted by Crippen LogP contribution is -2.58. The third kappa shape index (κ3) is 2.76. The van der Waals surface area contributed by atoms with Gasteiger partial charge in [-0.15, -0.1) is 11.6 Å². The fraction of sp³-hybridized carbons (Fsp3) is 0.800. The molecule has 8 heteroatoms. The standard InChI is InChI=1S/C10H12ClF4NO2/c11-5-6(17)9(3-1-2-4-9)16-8(18)10(14,15)7(12)13/h7H,1-5H2,(H,16,18). The molecule has 1 rings (SSSR count). The van der Waals surface area contributed by atoms with Crippen LogP contribution >= 0.6 is 11.6 Å². The van der Waals surface area contributed by atoms with Crippen LogP contribution in [0.2, 0.25) is 0 Å². The highest BCUT2D eigenvalue weighted by Gasteiger charge is 2.53. The number of nitrogens with one attached hydrogen (secondary N) is 1. The molecule has 104 valence electrons. The number of halogens is 5. The van der Waals surface area contributed by atoms with Crippen LogP contribution in [0.1, 0.15) is 25.7 Å². The predicted octanol–water partition coefficient (Wildman–Crippen LogP) is 2.12. The molecule has 0 atom stereocenters. The number of rotatable bonds is 5. The number of amides is 1. The van der Waals surface area contributed by atoms with E-state index in [0.29, 0.717) is 12.8 Å².